The second kappa shape index (κ2) is 8.76. The molecule has 3 nitrogen and oxygen atoms in total. The number of anilines is 1. The van der Waals surface area contributed by atoms with E-state index in [0.717, 1.165) is 35.9 Å². The Balaban J connectivity index is 1.61. The molecule has 4 rings (SSSR count). The molecule has 2 aromatic carbocycles. The van der Waals surface area contributed by atoms with E-state index in [1.807, 2.05) is 30.5 Å². The molecule has 0 atom stereocenters. The van der Waals surface area contributed by atoms with Gasteiger partial charge in [0.05, 0.1) is 5.69 Å². The van der Waals surface area contributed by atoms with Gasteiger partial charge in [-0.05, 0) is 74.8 Å². The third-order valence-corrected chi connectivity index (χ3v) is 5.68. The van der Waals surface area contributed by atoms with Crippen LogP contribution in [0.3, 0.4) is 0 Å². The fourth-order valence-electron chi connectivity index (χ4n) is 3.83. The maximum atomic E-state index is 6.03. The Kier molecular flexibility index (Phi) is 5.94. The number of piperidine rings is 1. The van der Waals surface area contributed by atoms with Crippen LogP contribution in [0.5, 0.6) is 0 Å². The predicted octanol–water partition coefficient (Wildman–Crippen LogP) is 5.47. The molecule has 0 radical (unpaired) electrons. The molecule has 0 spiro atoms. The van der Waals surface area contributed by atoms with Gasteiger partial charge in [0.15, 0.2) is 0 Å². The molecule has 4 heteroatoms. The number of halogens is 1. The summed E-state index contributed by atoms with van der Waals surface area (Å²) in [6, 6.07) is 21.7. The first-order valence-electron chi connectivity index (χ1n) is 9.94. The standard InChI is InChI=1S/C24H26ClN3/c1-18-2-8-22(9-3-18)28(23-11-13-26-14-12-23)17-19-10-15-27-24(16-19)20-4-6-21(25)7-5-20/h2-10,15-16,23,26H,11-14,17H2,1H3. The first kappa shape index (κ1) is 19.0. The first-order valence-corrected chi connectivity index (χ1v) is 10.3. The van der Waals surface area contributed by atoms with Crippen LogP contribution in [0.4, 0.5) is 5.69 Å². The minimum Gasteiger partial charge on any atom is -0.364 e. The number of aromatic nitrogens is 1. The van der Waals surface area contributed by atoms with E-state index in [-0.39, 0.29) is 0 Å². The van der Waals surface area contributed by atoms with Crippen LogP contribution in [0.25, 0.3) is 11.3 Å². The SMILES string of the molecule is Cc1ccc(N(Cc2ccnc(-c3ccc(Cl)cc3)c2)C2CCNCC2)cc1. The smallest absolute Gasteiger partial charge is 0.0705 e. The van der Waals surface area contributed by atoms with E-state index in [1.54, 1.807) is 0 Å². The average Bonchev–Trinajstić information content (AvgIpc) is 2.74. The van der Waals surface area contributed by atoms with E-state index in [9.17, 15) is 0 Å². The van der Waals surface area contributed by atoms with Crippen LogP contribution in [-0.4, -0.2) is 24.1 Å². The fraction of sp³-hybridized carbons (Fsp3) is 0.292. The van der Waals surface area contributed by atoms with Gasteiger partial charge in [-0.15, -0.1) is 0 Å². The molecule has 1 aromatic heterocycles. The van der Waals surface area contributed by atoms with Crippen LogP contribution in [0.2, 0.25) is 5.02 Å². The minimum atomic E-state index is 0.552. The molecule has 1 saturated heterocycles. The average molecular weight is 392 g/mol. The van der Waals surface area contributed by atoms with Crippen molar-refractivity contribution in [2.24, 2.45) is 0 Å². The van der Waals surface area contributed by atoms with Gasteiger partial charge < -0.3 is 10.2 Å². The molecule has 0 unspecified atom stereocenters. The summed E-state index contributed by atoms with van der Waals surface area (Å²) >= 11 is 6.03. The maximum Gasteiger partial charge on any atom is 0.0705 e. The summed E-state index contributed by atoms with van der Waals surface area (Å²) in [5.41, 5.74) is 5.95. The summed E-state index contributed by atoms with van der Waals surface area (Å²) in [7, 11) is 0. The zero-order valence-corrected chi connectivity index (χ0v) is 17.0. The molecule has 1 N–H and O–H groups in total. The number of aryl methyl sites for hydroxylation is 1. The molecule has 0 saturated carbocycles. The number of hydrogen-bond donors (Lipinski definition) is 1. The van der Waals surface area contributed by atoms with E-state index in [4.69, 9.17) is 11.6 Å². The maximum absolute atomic E-state index is 6.03. The predicted molar refractivity (Wildman–Crippen MR) is 118 cm³/mol. The number of rotatable bonds is 5. The lowest BCUT2D eigenvalue weighted by Gasteiger charge is -2.36. The highest BCUT2D eigenvalue weighted by Crippen LogP contribution is 2.26. The Morgan fingerprint density at radius 2 is 1.71 bits per heavy atom. The van der Waals surface area contributed by atoms with Crippen LogP contribution >= 0.6 is 11.6 Å². The summed E-state index contributed by atoms with van der Waals surface area (Å²) in [5, 5.41) is 4.23. The van der Waals surface area contributed by atoms with E-state index in [1.165, 1.54) is 29.7 Å². The number of nitrogens with zero attached hydrogens (tertiary/aromatic N) is 2. The molecule has 1 aliphatic rings. The second-order valence-corrected chi connectivity index (χ2v) is 7.94. The Hall–Kier alpha value is -2.36. The molecular formula is C24H26ClN3. The molecule has 28 heavy (non-hydrogen) atoms. The summed E-state index contributed by atoms with van der Waals surface area (Å²) in [4.78, 5) is 7.13. The summed E-state index contributed by atoms with van der Waals surface area (Å²) in [6.07, 6.45) is 4.25. The molecule has 3 aromatic rings. The second-order valence-electron chi connectivity index (χ2n) is 7.50. The summed E-state index contributed by atoms with van der Waals surface area (Å²) < 4.78 is 0. The Bertz CT molecular complexity index is 900. The van der Waals surface area contributed by atoms with Gasteiger partial charge in [-0.1, -0.05) is 41.4 Å². The third kappa shape index (κ3) is 4.54. The number of pyridine rings is 1. The van der Waals surface area contributed by atoms with Crippen molar-refractivity contribution in [1.29, 1.82) is 0 Å². The van der Waals surface area contributed by atoms with Crippen molar-refractivity contribution in [3.05, 3.63) is 83.0 Å². The van der Waals surface area contributed by atoms with Gasteiger partial charge in [0.2, 0.25) is 0 Å². The lowest BCUT2D eigenvalue weighted by molar-refractivity contribution is 0.428. The molecular weight excluding hydrogens is 366 g/mol. The largest absolute Gasteiger partial charge is 0.364 e. The number of hydrogen-bond acceptors (Lipinski definition) is 3. The van der Waals surface area contributed by atoms with Crippen LogP contribution in [0, 0.1) is 6.92 Å². The van der Waals surface area contributed by atoms with E-state index in [0.29, 0.717) is 6.04 Å². The van der Waals surface area contributed by atoms with E-state index < -0.39 is 0 Å². The fourth-order valence-corrected chi connectivity index (χ4v) is 3.96. The van der Waals surface area contributed by atoms with Crippen LogP contribution < -0.4 is 10.2 Å². The summed E-state index contributed by atoms with van der Waals surface area (Å²) in [5.74, 6) is 0. The zero-order chi connectivity index (χ0) is 19.3. The van der Waals surface area contributed by atoms with Crippen molar-refractivity contribution in [3.8, 4) is 11.3 Å². The van der Waals surface area contributed by atoms with E-state index >= 15 is 0 Å². The monoisotopic (exact) mass is 391 g/mol. The van der Waals surface area contributed by atoms with Gasteiger partial charge in [0.1, 0.15) is 0 Å². The lowest BCUT2D eigenvalue weighted by Crippen LogP contribution is -2.43. The van der Waals surface area contributed by atoms with Gasteiger partial charge in [-0.2, -0.15) is 0 Å². The highest BCUT2D eigenvalue weighted by atomic mass is 35.5. The Morgan fingerprint density at radius 3 is 2.43 bits per heavy atom. The quantitative estimate of drug-likeness (QED) is 0.625. The van der Waals surface area contributed by atoms with Gasteiger partial charge in [-0.25, -0.2) is 0 Å². The van der Waals surface area contributed by atoms with Crippen molar-refractivity contribution < 1.29 is 0 Å². The molecule has 144 valence electrons. The molecule has 2 heterocycles. The summed E-state index contributed by atoms with van der Waals surface area (Å²) in [6.45, 7) is 5.19. The van der Waals surface area contributed by atoms with E-state index in [2.05, 4.69) is 58.5 Å². The van der Waals surface area contributed by atoms with Crippen molar-refractivity contribution in [2.45, 2.75) is 32.4 Å². The molecule has 1 aliphatic heterocycles. The van der Waals surface area contributed by atoms with Crippen molar-refractivity contribution in [1.82, 2.24) is 10.3 Å². The highest BCUT2D eigenvalue weighted by molar-refractivity contribution is 6.30. The molecule has 1 fully saturated rings. The van der Waals surface area contributed by atoms with Crippen molar-refractivity contribution >= 4 is 17.3 Å². The molecule has 0 amide bonds. The van der Waals surface area contributed by atoms with Crippen LogP contribution in [0.15, 0.2) is 66.9 Å². The van der Waals surface area contributed by atoms with Gasteiger partial charge in [0.25, 0.3) is 0 Å². The molecule has 0 bridgehead atoms. The van der Waals surface area contributed by atoms with Crippen molar-refractivity contribution in [2.75, 3.05) is 18.0 Å². The minimum absolute atomic E-state index is 0.552. The van der Waals surface area contributed by atoms with Crippen LogP contribution in [-0.2, 0) is 6.54 Å². The number of nitrogens with one attached hydrogen (secondary N) is 1. The Labute approximate surface area is 172 Å². The van der Waals surface area contributed by atoms with Gasteiger partial charge in [0, 0.05) is 35.1 Å². The highest BCUT2D eigenvalue weighted by Gasteiger charge is 2.21. The van der Waals surface area contributed by atoms with Gasteiger partial charge in [-0.3, -0.25) is 4.98 Å². The first-order chi connectivity index (χ1) is 13.7. The molecule has 0 aliphatic carbocycles. The topological polar surface area (TPSA) is 28.2 Å². The Morgan fingerprint density at radius 1 is 1.00 bits per heavy atom. The van der Waals surface area contributed by atoms with Gasteiger partial charge >= 0.3 is 0 Å². The van der Waals surface area contributed by atoms with Crippen molar-refractivity contribution in [3.63, 3.8) is 0 Å². The normalized spacial score (nSPS) is 14.8. The van der Waals surface area contributed by atoms with Crippen LogP contribution in [0.1, 0.15) is 24.0 Å². The third-order valence-electron chi connectivity index (χ3n) is 5.43. The lowest BCUT2D eigenvalue weighted by atomic mass is 10.0. The zero-order valence-electron chi connectivity index (χ0n) is 16.2. The number of benzene rings is 2.